The summed E-state index contributed by atoms with van der Waals surface area (Å²) < 4.78 is 5.77. The zero-order valence-electron chi connectivity index (χ0n) is 22.2. The van der Waals surface area contributed by atoms with Gasteiger partial charge in [-0.25, -0.2) is 4.79 Å². The van der Waals surface area contributed by atoms with Gasteiger partial charge in [0.15, 0.2) is 0 Å². The van der Waals surface area contributed by atoms with Crippen LogP contribution in [0.25, 0.3) is 22.0 Å². The van der Waals surface area contributed by atoms with Gasteiger partial charge in [-0.15, -0.1) is 0 Å². The summed E-state index contributed by atoms with van der Waals surface area (Å²) in [6.07, 6.45) is 0.806. The highest BCUT2D eigenvalue weighted by atomic mass is 16.5. The number of carbonyl (C=O) groups is 1. The second-order valence-corrected chi connectivity index (χ2v) is 10.1. The van der Waals surface area contributed by atoms with Gasteiger partial charge in [0.25, 0.3) is 0 Å². The molecule has 2 aliphatic rings. The minimum atomic E-state index is -0.121. The van der Waals surface area contributed by atoms with Crippen LogP contribution in [0.2, 0.25) is 0 Å². The highest BCUT2D eigenvalue weighted by molar-refractivity contribution is 6.10. The Morgan fingerprint density at radius 3 is 2.45 bits per heavy atom. The fraction of sp³-hybridized carbons (Fsp3) is 0.290. The number of hydrogen-bond donors (Lipinski definition) is 1. The maximum Gasteiger partial charge on any atom is 0.326 e. The number of carbonyl (C=O) groups excluding carboxylic acids is 1. The standard InChI is InChI=1S/C31H33N5O2/c1-21-7-4-11-26(32-21)24-9-5-10-25-23(24)8-6-12-27(25)33-31(37)36-14-13-22-19-30(38-3)29(20-28(22)36)35-17-15-34(2)16-18-35/h4-12,19-20H,13-18H2,1-3H3,(H,33,37). The SMILES string of the molecule is COc1cc2c(cc1N1CCN(C)CC1)N(C(=O)Nc1cccc3c(-c4cccc(C)n4)cccc13)CC2. The summed E-state index contributed by atoms with van der Waals surface area (Å²) in [5, 5.41) is 5.26. The van der Waals surface area contributed by atoms with Gasteiger partial charge >= 0.3 is 6.03 Å². The number of aryl methyl sites for hydroxylation is 1. The van der Waals surface area contributed by atoms with Gasteiger partial charge < -0.3 is 19.9 Å². The molecule has 0 unspecified atom stereocenters. The van der Waals surface area contributed by atoms with Crippen LogP contribution in [0.3, 0.4) is 0 Å². The van der Waals surface area contributed by atoms with Crippen LogP contribution in [0.1, 0.15) is 11.3 Å². The van der Waals surface area contributed by atoms with Gasteiger partial charge in [0, 0.05) is 49.4 Å². The van der Waals surface area contributed by atoms with Gasteiger partial charge in [-0.3, -0.25) is 9.88 Å². The third-order valence-electron chi connectivity index (χ3n) is 7.69. The molecule has 3 heterocycles. The number of aromatic nitrogens is 1. The van der Waals surface area contributed by atoms with E-state index in [2.05, 4.69) is 52.5 Å². The highest BCUT2D eigenvalue weighted by Gasteiger charge is 2.29. The fourth-order valence-electron chi connectivity index (χ4n) is 5.59. The third kappa shape index (κ3) is 4.43. The van der Waals surface area contributed by atoms with E-state index in [0.29, 0.717) is 6.54 Å². The predicted octanol–water partition coefficient (Wildman–Crippen LogP) is 5.57. The third-order valence-corrected chi connectivity index (χ3v) is 7.69. The molecular formula is C31H33N5O2. The van der Waals surface area contributed by atoms with Crippen LogP contribution in [0.15, 0.2) is 66.7 Å². The molecular weight excluding hydrogens is 474 g/mol. The lowest BCUT2D eigenvalue weighted by Crippen LogP contribution is -2.44. The molecule has 7 heteroatoms. The molecule has 6 rings (SSSR count). The van der Waals surface area contributed by atoms with Crippen molar-refractivity contribution in [1.82, 2.24) is 9.88 Å². The first kappa shape index (κ1) is 24.2. The molecule has 0 saturated carbocycles. The van der Waals surface area contributed by atoms with Crippen LogP contribution in [0, 0.1) is 6.92 Å². The Hall–Kier alpha value is -4.10. The van der Waals surface area contributed by atoms with Gasteiger partial charge in [-0.1, -0.05) is 36.4 Å². The molecule has 2 amide bonds. The van der Waals surface area contributed by atoms with E-state index in [1.807, 2.05) is 48.2 Å². The summed E-state index contributed by atoms with van der Waals surface area (Å²) in [5.41, 5.74) is 6.91. The average molecular weight is 508 g/mol. The molecule has 1 aromatic heterocycles. The van der Waals surface area contributed by atoms with Crippen molar-refractivity contribution in [1.29, 1.82) is 0 Å². The van der Waals surface area contributed by atoms with E-state index in [0.717, 1.165) is 88.7 Å². The van der Waals surface area contributed by atoms with E-state index in [9.17, 15) is 4.79 Å². The summed E-state index contributed by atoms with van der Waals surface area (Å²) in [6.45, 7) is 6.52. The Bertz CT molecular complexity index is 1510. The van der Waals surface area contributed by atoms with Gasteiger partial charge in [0.05, 0.1) is 29.9 Å². The predicted molar refractivity (Wildman–Crippen MR) is 155 cm³/mol. The second kappa shape index (κ2) is 9.99. The first-order valence-corrected chi connectivity index (χ1v) is 13.2. The molecule has 1 fully saturated rings. The molecule has 3 aromatic carbocycles. The molecule has 1 saturated heterocycles. The van der Waals surface area contributed by atoms with Crippen LogP contribution < -0.4 is 19.9 Å². The number of ether oxygens (including phenoxy) is 1. The van der Waals surface area contributed by atoms with Crippen LogP contribution in [-0.4, -0.2) is 62.8 Å². The van der Waals surface area contributed by atoms with E-state index < -0.39 is 0 Å². The maximum atomic E-state index is 13.7. The molecule has 194 valence electrons. The van der Waals surface area contributed by atoms with Crippen molar-refractivity contribution in [3.05, 3.63) is 78.0 Å². The topological polar surface area (TPSA) is 60.9 Å². The molecule has 0 aliphatic carbocycles. The van der Waals surface area contributed by atoms with Crippen molar-refractivity contribution in [3.63, 3.8) is 0 Å². The molecule has 4 aromatic rings. The van der Waals surface area contributed by atoms with E-state index in [1.54, 1.807) is 7.11 Å². The number of urea groups is 1. The Morgan fingerprint density at radius 1 is 0.895 bits per heavy atom. The average Bonchev–Trinajstić information content (AvgIpc) is 3.36. The molecule has 0 spiro atoms. The quantitative estimate of drug-likeness (QED) is 0.392. The number of pyridine rings is 1. The molecule has 7 nitrogen and oxygen atoms in total. The van der Waals surface area contributed by atoms with Crippen LogP contribution in [-0.2, 0) is 6.42 Å². The summed E-state index contributed by atoms with van der Waals surface area (Å²) >= 11 is 0. The van der Waals surface area contributed by atoms with E-state index in [1.165, 1.54) is 0 Å². The molecule has 38 heavy (non-hydrogen) atoms. The number of methoxy groups -OCH3 is 1. The van der Waals surface area contributed by atoms with Gasteiger partial charge in [-0.05, 0) is 61.7 Å². The van der Waals surface area contributed by atoms with Gasteiger partial charge in [0.2, 0.25) is 0 Å². The van der Waals surface area contributed by atoms with E-state index in [-0.39, 0.29) is 6.03 Å². The van der Waals surface area contributed by atoms with Crippen molar-refractivity contribution < 1.29 is 9.53 Å². The number of rotatable bonds is 4. The van der Waals surface area contributed by atoms with Crippen LogP contribution >= 0.6 is 0 Å². The maximum absolute atomic E-state index is 13.7. The minimum absolute atomic E-state index is 0.121. The zero-order chi connectivity index (χ0) is 26.2. The lowest BCUT2D eigenvalue weighted by molar-refractivity contribution is 0.257. The van der Waals surface area contributed by atoms with E-state index in [4.69, 9.17) is 9.72 Å². The Labute approximate surface area is 223 Å². The van der Waals surface area contributed by atoms with Crippen molar-refractivity contribution in [2.45, 2.75) is 13.3 Å². The number of nitrogens with zero attached hydrogens (tertiary/aromatic N) is 4. The highest BCUT2D eigenvalue weighted by Crippen LogP contribution is 2.40. The molecule has 0 radical (unpaired) electrons. The van der Waals surface area contributed by atoms with Gasteiger partial charge in [0.1, 0.15) is 5.75 Å². The monoisotopic (exact) mass is 507 g/mol. The number of fused-ring (bicyclic) bond motifs is 2. The second-order valence-electron chi connectivity index (χ2n) is 10.1. The zero-order valence-corrected chi connectivity index (χ0v) is 22.2. The lowest BCUT2D eigenvalue weighted by Gasteiger charge is -2.35. The Kier molecular flexibility index (Phi) is 6.37. The van der Waals surface area contributed by atoms with Crippen molar-refractivity contribution >= 4 is 33.9 Å². The van der Waals surface area contributed by atoms with E-state index >= 15 is 0 Å². The van der Waals surface area contributed by atoms with Crippen LogP contribution in [0.5, 0.6) is 5.75 Å². The fourth-order valence-corrected chi connectivity index (χ4v) is 5.59. The minimum Gasteiger partial charge on any atom is -0.495 e. The Balaban J connectivity index is 1.31. The van der Waals surface area contributed by atoms with Crippen molar-refractivity contribution in [2.75, 3.05) is 62.0 Å². The van der Waals surface area contributed by atoms with Crippen LogP contribution in [0.4, 0.5) is 21.9 Å². The first-order chi connectivity index (χ1) is 18.5. The van der Waals surface area contributed by atoms with Crippen molar-refractivity contribution in [3.8, 4) is 17.0 Å². The van der Waals surface area contributed by atoms with Gasteiger partial charge in [-0.2, -0.15) is 0 Å². The Morgan fingerprint density at radius 2 is 1.66 bits per heavy atom. The summed E-state index contributed by atoms with van der Waals surface area (Å²) in [6, 6.07) is 22.4. The first-order valence-electron chi connectivity index (χ1n) is 13.2. The molecule has 2 aliphatic heterocycles. The molecule has 1 N–H and O–H groups in total. The summed E-state index contributed by atoms with van der Waals surface area (Å²) in [7, 11) is 3.87. The normalized spacial score (nSPS) is 15.6. The number of likely N-dealkylation sites (N-methyl/N-ethyl adjacent to an activating group) is 1. The summed E-state index contributed by atoms with van der Waals surface area (Å²) in [4.78, 5) is 24.9. The number of nitrogens with one attached hydrogen (secondary N) is 1. The number of benzene rings is 3. The largest absolute Gasteiger partial charge is 0.495 e. The number of amides is 2. The molecule has 0 bridgehead atoms. The number of anilines is 3. The summed E-state index contributed by atoms with van der Waals surface area (Å²) in [5.74, 6) is 0.877. The van der Waals surface area contributed by atoms with Crippen molar-refractivity contribution in [2.24, 2.45) is 0 Å². The molecule has 0 atom stereocenters. The smallest absolute Gasteiger partial charge is 0.326 e. The number of hydrogen-bond acceptors (Lipinski definition) is 5. The number of piperazine rings is 1. The lowest BCUT2D eigenvalue weighted by atomic mass is 10.0.